The summed E-state index contributed by atoms with van der Waals surface area (Å²) in [6.45, 7) is 0.828. The van der Waals surface area contributed by atoms with Gasteiger partial charge in [0.2, 0.25) is 11.8 Å². The predicted octanol–water partition coefficient (Wildman–Crippen LogP) is 6.04. The average Bonchev–Trinajstić information content (AvgIpc) is 3.16. The number of nitrogens with one attached hydrogen (secondary N) is 3. The van der Waals surface area contributed by atoms with Gasteiger partial charge in [-0.3, -0.25) is 4.79 Å². The molecule has 2 heterocycles. The Kier molecular flexibility index (Phi) is 11.4. The molecular weight excluding hydrogens is 706 g/mol. The molecule has 0 radical (unpaired) electrons. The number of aliphatic hydroxyl groups is 1. The van der Waals surface area contributed by atoms with Gasteiger partial charge in [0.05, 0.1) is 4.91 Å². The molecule has 54 heavy (non-hydrogen) atoms. The summed E-state index contributed by atoms with van der Waals surface area (Å²) in [7, 11) is 1.24. The van der Waals surface area contributed by atoms with E-state index >= 15 is 0 Å². The quantitative estimate of drug-likeness (QED) is 0.0782. The Balaban J connectivity index is 1.03. The average molecular weight is 744 g/mol. The first-order valence-electron chi connectivity index (χ1n) is 17.1. The molecule has 2 atom stereocenters. The van der Waals surface area contributed by atoms with Gasteiger partial charge >= 0.3 is 11.7 Å². The van der Waals surface area contributed by atoms with Gasteiger partial charge in [0.15, 0.2) is 18.7 Å². The van der Waals surface area contributed by atoms with Gasteiger partial charge in [0.1, 0.15) is 29.6 Å². The number of unbranched alkanes of at least 4 members (excludes halogenated alkanes) is 3. The largest absolute Gasteiger partial charge is 0.505 e. The Morgan fingerprint density at radius 3 is 2.57 bits per heavy atom. The first kappa shape index (κ1) is 37.3. The number of phenolic OH excluding ortho intramolecular Hbond substituents is 1. The number of fused-ring (bicyclic) bond motifs is 2. The molecule has 2 aromatic carbocycles. The van der Waals surface area contributed by atoms with Crippen molar-refractivity contribution in [3.63, 3.8) is 0 Å². The molecule has 2 unspecified atom stereocenters. The maximum absolute atomic E-state index is 14.6. The molecule has 14 nitrogen and oxygen atoms in total. The minimum Gasteiger partial charge on any atom is -0.505 e. The van der Waals surface area contributed by atoms with Crippen LogP contribution in [0.2, 0.25) is 0 Å². The lowest BCUT2D eigenvalue weighted by Crippen LogP contribution is -2.29. The second kappa shape index (κ2) is 16.5. The number of hydrogen-bond acceptors (Lipinski definition) is 11. The van der Waals surface area contributed by atoms with Gasteiger partial charge in [0, 0.05) is 53.0 Å². The number of aliphatic hydroxyl groups excluding tert-OH is 1. The Bertz CT molecular complexity index is 2130. The lowest BCUT2D eigenvalue weighted by atomic mass is 9.76. The highest BCUT2D eigenvalue weighted by Gasteiger charge is 2.37. The summed E-state index contributed by atoms with van der Waals surface area (Å²) >= 11 is 0. The van der Waals surface area contributed by atoms with Crippen LogP contribution in [0.3, 0.4) is 0 Å². The van der Waals surface area contributed by atoms with Crippen LogP contribution in [-0.4, -0.2) is 68.4 Å². The predicted molar refractivity (Wildman–Crippen MR) is 193 cm³/mol. The highest BCUT2D eigenvalue weighted by Crippen LogP contribution is 2.49. The highest BCUT2D eigenvalue weighted by atomic mass is 19.1. The fraction of sp³-hybridized carbons (Fsp3) is 0.263. The van der Waals surface area contributed by atoms with Crippen LogP contribution in [0, 0.1) is 16.6 Å². The van der Waals surface area contributed by atoms with E-state index in [9.17, 15) is 38.6 Å². The maximum Gasteiger partial charge on any atom is 0.376 e. The molecule has 0 saturated heterocycles. The number of carboxylic acid groups (broad SMARTS) is 1. The van der Waals surface area contributed by atoms with Crippen molar-refractivity contribution >= 4 is 40.6 Å². The fourth-order valence-corrected chi connectivity index (χ4v) is 6.29. The van der Waals surface area contributed by atoms with E-state index in [1.807, 2.05) is 30.3 Å². The van der Waals surface area contributed by atoms with Gasteiger partial charge in [-0.2, -0.15) is 4.98 Å². The van der Waals surface area contributed by atoms with Gasteiger partial charge in [0.25, 0.3) is 10.8 Å². The van der Waals surface area contributed by atoms with Crippen LogP contribution in [-0.2, 0) is 14.4 Å². The SMILES string of the molecule is CO[N+](=O)c1cnc(Nc2ccccc2)nc1NCCCCCCNC(=O)C1=CCC(C2=C3C=C(F)C(O)C=C3Oc3cc(O)c(F)cc32)C(C(=O)O)=C1. The summed E-state index contributed by atoms with van der Waals surface area (Å²) in [5.41, 5.74) is 1.29. The number of nitrogens with zero attached hydrogens (tertiary/aromatic N) is 3. The number of rotatable bonds is 15. The molecule has 0 saturated carbocycles. The van der Waals surface area contributed by atoms with Crippen LogP contribution in [0.25, 0.3) is 5.57 Å². The van der Waals surface area contributed by atoms with E-state index in [0.29, 0.717) is 36.2 Å². The minimum atomic E-state index is -1.60. The van der Waals surface area contributed by atoms with E-state index < -0.39 is 41.3 Å². The monoisotopic (exact) mass is 743 g/mol. The summed E-state index contributed by atoms with van der Waals surface area (Å²) in [6.07, 6.45) is 7.62. The standard InChI is InChI=1S/C38H36F2N6O8/c1-53-46(52)29-20-43-38(44-22-9-5-4-6-10-22)45-35(29)41-13-7-2-3-8-14-42-36(49)21-11-12-23(24(15-21)37(50)51)34-25-16-27(39)30(47)18-32(25)54-33-19-31(48)28(40)17-26(33)34/h4-6,9-11,15-20,23,30,47H,2-3,7-8,12-14H2,1H3,(H4-,41,42,43,44,45,48,49,50,51,52)/p+1. The number of hydrogen-bond donors (Lipinski definition) is 6. The molecule has 6 N–H and O–H groups in total. The summed E-state index contributed by atoms with van der Waals surface area (Å²) in [6, 6.07) is 11.3. The van der Waals surface area contributed by atoms with Crippen molar-refractivity contribution in [1.82, 2.24) is 15.3 Å². The number of phenols is 1. The third-order valence-corrected chi connectivity index (χ3v) is 8.95. The lowest BCUT2D eigenvalue weighted by Gasteiger charge is -2.33. The van der Waals surface area contributed by atoms with Crippen molar-refractivity contribution in [3.05, 3.63) is 118 Å². The zero-order valence-corrected chi connectivity index (χ0v) is 29.0. The summed E-state index contributed by atoms with van der Waals surface area (Å²) in [5, 5.41) is 39.3. The van der Waals surface area contributed by atoms with Crippen molar-refractivity contribution in [3.8, 4) is 11.5 Å². The van der Waals surface area contributed by atoms with E-state index in [-0.39, 0.29) is 51.5 Å². The second-order valence-electron chi connectivity index (χ2n) is 12.5. The molecule has 3 aliphatic rings. The number of amides is 1. The van der Waals surface area contributed by atoms with Crippen LogP contribution in [0.15, 0.2) is 101 Å². The van der Waals surface area contributed by atoms with E-state index in [0.717, 1.165) is 49.2 Å². The third-order valence-electron chi connectivity index (χ3n) is 8.95. The number of aliphatic carboxylic acids is 1. The number of carboxylic acids is 1. The van der Waals surface area contributed by atoms with Crippen molar-refractivity contribution in [2.45, 2.75) is 38.2 Å². The first-order valence-corrected chi connectivity index (χ1v) is 17.1. The summed E-state index contributed by atoms with van der Waals surface area (Å²) in [4.78, 5) is 51.5. The zero-order valence-electron chi connectivity index (χ0n) is 29.0. The number of para-hydroxylation sites is 1. The molecule has 0 spiro atoms. The highest BCUT2D eigenvalue weighted by molar-refractivity contribution is 6.02. The van der Waals surface area contributed by atoms with E-state index in [1.165, 1.54) is 19.4 Å². The Morgan fingerprint density at radius 2 is 1.83 bits per heavy atom. The molecule has 2 aliphatic carbocycles. The van der Waals surface area contributed by atoms with Crippen LogP contribution in [0.5, 0.6) is 11.5 Å². The molecular formula is C38H37F2N6O8+. The van der Waals surface area contributed by atoms with E-state index in [1.54, 1.807) is 6.08 Å². The molecule has 280 valence electrons. The number of allylic oxidation sites excluding steroid dienone is 3. The third kappa shape index (κ3) is 8.28. The van der Waals surface area contributed by atoms with Crippen LogP contribution >= 0.6 is 0 Å². The summed E-state index contributed by atoms with van der Waals surface area (Å²) < 4.78 is 34.9. The second-order valence-corrected chi connectivity index (χ2v) is 12.5. The number of benzene rings is 2. The molecule has 16 heteroatoms. The normalized spacial score (nSPS) is 17.4. The summed E-state index contributed by atoms with van der Waals surface area (Å²) in [5.74, 6) is -4.74. The Morgan fingerprint density at radius 1 is 1.07 bits per heavy atom. The molecule has 3 aromatic rings. The lowest BCUT2D eigenvalue weighted by molar-refractivity contribution is -0.736. The van der Waals surface area contributed by atoms with Crippen LogP contribution in [0.1, 0.15) is 37.7 Å². The van der Waals surface area contributed by atoms with E-state index in [2.05, 4.69) is 25.9 Å². The van der Waals surface area contributed by atoms with Crippen LogP contribution in [0.4, 0.5) is 31.9 Å². The number of carbonyl (C=O) groups excluding carboxylic acids is 1. The minimum absolute atomic E-state index is 0.000832. The van der Waals surface area contributed by atoms with Crippen LogP contribution < -0.4 is 20.7 Å². The van der Waals surface area contributed by atoms with Crippen molar-refractivity contribution in [2.75, 3.05) is 30.8 Å². The van der Waals surface area contributed by atoms with Gasteiger partial charge in [-0.25, -0.2) is 23.4 Å². The fourth-order valence-electron chi connectivity index (χ4n) is 6.29. The number of anilines is 3. The van der Waals surface area contributed by atoms with Gasteiger partial charge in [-0.1, -0.05) is 37.1 Å². The number of carbonyl (C=O) groups is 2. The topological polar surface area (TPSA) is 195 Å². The molecule has 1 aromatic heterocycles. The Hall–Kier alpha value is -6.42. The molecule has 0 fully saturated rings. The molecule has 1 amide bonds. The number of aromatic nitrogens is 2. The number of aromatic hydroxyl groups is 1. The number of ether oxygens (including phenoxy) is 1. The maximum atomic E-state index is 14.6. The molecule has 0 bridgehead atoms. The first-order chi connectivity index (χ1) is 26.0. The molecule has 1 aliphatic heterocycles. The molecule has 6 rings (SSSR count). The zero-order chi connectivity index (χ0) is 38.4. The van der Waals surface area contributed by atoms with Crippen molar-refractivity contribution in [2.24, 2.45) is 5.92 Å². The van der Waals surface area contributed by atoms with E-state index in [4.69, 9.17) is 9.57 Å². The smallest absolute Gasteiger partial charge is 0.376 e. The van der Waals surface area contributed by atoms with Crippen molar-refractivity contribution < 1.29 is 48.2 Å². The Labute approximate surface area is 307 Å². The van der Waals surface area contributed by atoms with Gasteiger partial charge in [-0.05, 0) is 61.3 Å². The van der Waals surface area contributed by atoms with Crippen molar-refractivity contribution in [1.29, 1.82) is 0 Å². The van der Waals surface area contributed by atoms with Gasteiger partial charge in [-0.15, -0.1) is 0 Å². The number of halogens is 2. The van der Waals surface area contributed by atoms with Gasteiger partial charge < -0.3 is 36.0 Å².